The molecule has 1 saturated heterocycles. The van der Waals surface area contributed by atoms with Gasteiger partial charge in [0.2, 0.25) is 0 Å². The fraction of sp³-hybridized carbons (Fsp3) is 1.00. The van der Waals surface area contributed by atoms with E-state index in [4.69, 9.17) is 14.0 Å². The first-order chi connectivity index (χ1) is 11.7. The predicted octanol–water partition coefficient (Wildman–Crippen LogP) is 0.0760. The van der Waals surface area contributed by atoms with E-state index in [1.165, 1.54) is 14.2 Å². The number of phosphoric ester groups is 2. The van der Waals surface area contributed by atoms with Gasteiger partial charge < -0.3 is 42.1 Å². The Morgan fingerprint density at radius 3 is 2.16 bits per heavy atom. The van der Waals surface area contributed by atoms with Crippen LogP contribution in [-0.4, -0.2) is 67.1 Å². The van der Waals surface area contributed by atoms with Crippen LogP contribution in [0.2, 0.25) is 0 Å². The molecule has 1 fully saturated rings. The number of hydrogen-bond acceptors (Lipinski definition) is 11. The third kappa shape index (κ3) is 12.2. The minimum atomic E-state index is -4.17. The number of rotatable bonds is 11. The van der Waals surface area contributed by atoms with Crippen molar-refractivity contribution >= 4 is 15.6 Å². The third-order valence-corrected chi connectivity index (χ3v) is 4.86. The largest absolute Gasteiger partial charge is 0.756 e. The summed E-state index contributed by atoms with van der Waals surface area (Å²) in [6.07, 6.45) is 0.228. The fourth-order valence-corrected chi connectivity index (χ4v) is 2.83. The normalized spacial score (nSPS) is 24.9. The fourth-order valence-electron chi connectivity index (χ4n) is 1.71. The summed E-state index contributed by atoms with van der Waals surface area (Å²) >= 11 is 0. The number of methoxy groups -OCH3 is 2. The van der Waals surface area contributed by atoms with Crippen LogP contribution in [0.25, 0.3) is 0 Å². The Labute approximate surface area is 147 Å². The molecular formula is C12H26O11P2-2. The Balaban J connectivity index is 0.000000477. The zero-order valence-electron chi connectivity index (χ0n) is 14.8. The highest BCUT2D eigenvalue weighted by Gasteiger charge is 2.32. The SMILES string of the molecule is COCCCOP(=O)([O-])OC.COC[C@H]1OCCC1OP(=O)([O-])OC. The van der Waals surface area contributed by atoms with Crippen molar-refractivity contribution in [1.82, 2.24) is 0 Å². The minimum Gasteiger partial charge on any atom is -0.756 e. The Kier molecular flexibility index (Phi) is 13.3. The van der Waals surface area contributed by atoms with Gasteiger partial charge >= 0.3 is 0 Å². The second kappa shape index (κ2) is 13.3. The maximum absolute atomic E-state index is 11.0. The van der Waals surface area contributed by atoms with Crippen molar-refractivity contribution in [3.63, 3.8) is 0 Å². The van der Waals surface area contributed by atoms with Gasteiger partial charge in [0.05, 0.1) is 19.3 Å². The smallest absolute Gasteiger partial charge is 0.267 e. The molecule has 13 heteroatoms. The molecule has 1 aliphatic rings. The summed E-state index contributed by atoms with van der Waals surface area (Å²) in [4.78, 5) is 21.5. The summed E-state index contributed by atoms with van der Waals surface area (Å²) in [5.74, 6) is 0. The summed E-state index contributed by atoms with van der Waals surface area (Å²) in [7, 11) is -3.01. The van der Waals surface area contributed by atoms with Gasteiger partial charge in [-0.1, -0.05) is 0 Å². The van der Waals surface area contributed by atoms with E-state index in [9.17, 15) is 18.9 Å². The van der Waals surface area contributed by atoms with Crippen LogP contribution >= 0.6 is 15.6 Å². The number of ether oxygens (including phenoxy) is 3. The van der Waals surface area contributed by atoms with E-state index in [1.54, 1.807) is 0 Å². The maximum atomic E-state index is 11.0. The summed E-state index contributed by atoms with van der Waals surface area (Å²) in [5, 5.41) is 0. The van der Waals surface area contributed by atoms with Crippen LogP contribution in [0.15, 0.2) is 0 Å². The zero-order chi connectivity index (χ0) is 19.3. The van der Waals surface area contributed by atoms with E-state index in [0.29, 0.717) is 32.7 Å². The summed E-state index contributed by atoms with van der Waals surface area (Å²) in [5.41, 5.74) is 0. The molecule has 0 saturated carbocycles. The van der Waals surface area contributed by atoms with Gasteiger partial charge in [0.25, 0.3) is 15.6 Å². The van der Waals surface area contributed by atoms with E-state index < -0.39 is 21.7 Å². The van der Waals surface area contributed by atoms with Crippen LogP contribution in [-0.2, 0) is 41.4 Å². The molecule has 1 rings (SSSR count). The van der Waals surface area contributed by atoms with Crippen molar-refractivity contribution < 1.29 is 51.2 Å². The van der Waals surface area contributed by atoms with Gasteiger partial charge in [-0.3, -0.25) is 9.13 Å². The van der Waals surface area contributed by atoms with Crippen LogP contribution in [0.5, 0.6) is 0 Å². The molecule has 25 heavy (non-hydrogen) atoms. The molecule has 3 unspecified atom stereocenters. The topological polar surface area (TPSA) is 145 Å². The highest BCUT2D eigenvalue weighted by atomic mass is 31.2. The zero-order valence-corrected chi connectivity index (χ0v) is 16.6. The average molecular weight is 408 g/mol. The van der Waals surface area contributed by atoms with Crippen LogP contribution in [0.4, 0.5) is 0 Å². The minimum absolute atomic E-state index is 0.0997. The summed E-state index contributed by atoms with van der Waals surface area (Å²) in [6.45, 7) is 1.36. The molecule has 1 aliphatic heterocycles. The maximum Gasteiger partial charge on any atom is 0.267 e. The summed E-state index contributed by atoms with van der Waals surface area (Å²) in [6, 6.07) is 0. The van der Waals surface area contributed by atoms with Gasteiger partial charge in [0.15, 0.2) is 0 Å². The third-order valence-electron chi connectivity index (χ3n) is 2.93. The quantitative estimate of drug-likeness (QED) is 0.338. The summed E-state index contributed by atoms with van der Waals surface area (Å²) < 4.78 is 53.7. The van der Waals surface area contributed by atoms with E-state index in [1.807, 2.05) is 0 Å². The standard InChI is InChI=1S/C7H15O6P.C5H13O5P/c1-10-5-7-6(3-4-12-7)13-14(8,9)11-2;1-8-4-3-5-10-11(6,7)9-2/h6-7H,3-5H2,1-2H3,(H,8,9);3-5H2,1-2H3,(H,6,7)/p-2/t6?,7-;/m1./s1. The van der Waals surface area contributed by atoms with Gasteiger partial charge in [-0.2, -0.15) is 0 Å². The van der Waals surface area contributed by atoms with Crippen LogP contribution in [0.1, 0.15) is 12.8 Å². The van der Waals surface area contributed by atoms with Gasteiger partial charge in [-0.15, -0.1) is 0 Å². The Hall–Kier alpha value is 0.1000. The number of hydrogen-bond donors (Lipinski definition) is 0. The molecule has 11 nitrogen and oxygen atoms in total. The Bertz CT molecular complexity index is 433. The first-order valence-electron chi connectivity index (χ1n) is 7.37. The molecule has 0 bridgehead atoms. The molecule has 1 heterocycles. The van der Waals surface area contributed by atoms with Crippen molar-refractivity contribution in [3.05, 3.63) is 0 Å². The van der Waals surface area contributed by atoms with Gasteiger partial charge in [0.1, 0.15) is 6.10 Å². The van der Waals surface area contributed by atoms with Crippen molar-refractivity contribution in [2.75, 3.05) is 54.9 Å². The number of phosphoric acid groups is 2. The van der Waals surface area contributed by atoms with Crippen LogP contribution in [0, 0.1) is 0 Å². The molecule has 0 aliphatic carbocycles. The van der Waals surface area contributed by atoms with Crippen molar-refractivity contribution in [1.29, 1.82) is 0 Å². The van der Waals surface area contributed by atoms with Gasteiger partial charge in [0, 0.05) is 48.1 Å². The van der Waals surface area contributed by atoms with Crippen molar-refractivity contribution in [2.45, 2.75) is 25.0 Å². The van der Waals surface area contributed by atoms with E-state index >= 15 is 0 Å². The first kappa shape index (κ1) is 25.1. The molecule has 0 aromatic carbocycles. The van der Waals surface area contributed by atoms with E-state index in [2.05, 4.69) is 18.3 Å². The van der Waals surface area contributed by atoms with E-state index in [0.717, 1.165) is 14.2 Å². The molecule has 0 radical (unpaired) electrons. The molecular weight excluding hydrogens is 382 g/mol. The van der Waals surface area contributed by atoms with Crippen molar-refractivity contribution in [3.8, 4) is 0 Å². The van der Waals surface area contributed by atoms with Gasteiger partial charge in [-0.25, -0.2) is 0 Å². The highest BCUT2D eigenvalue weighted by molar-refractivity contribution is 7.46. The van der Waals surface area contributed by atoms with Crippen LogP contribution < -0.4 is 9.79 Å². The second-order valence-electron chi connectivity index (χ2n) is 4.74. The Morgan fingerprint density at radius 2 is 1.64 bits per heavy atom. The lowest BCUT2D eigenvalue weighted by molar-refractivity contribution is -0.229. The highest BCUT2D eigenvalue weighted by Crippen LogP contribution is 2.41. The lowest BCUT2D eigenvalue weighted by Crippen LogP contribution is -2.29. The predicted molar refractivity (Wildman–Crippen MR) is 82.8 cm³/mol. The Morgan fingerprint density at radius 1 is 1.00 bits per heavy atom. The van der Waals surface area contributed by atoms with Crippen LogP contribution in [0.3, 0.4) is 0 Å². The molecule has 152 valence electrons. The van der Waals surface area contributed by atoms with Crippen molar-refractivity contribution in [2.24, 2.45) is 0 Å². The van der Waals surface area contributed by atoms with E-state index in [-0.39, 0.29) is 12.7 Å². The van der Waals surface area contributed by atoms with Gasteiger partial charge in [-0.05, 0) is 6.42 Å². The second-order valence-corrected chi connectivity index (χ2v) is 7.72. The lowest BCUT2D eigenvalue weighted by Gasteiger charge is -2.26. The molecule has 0 amide bonds. The molecule has 4 atom stereocenters. The monoisotopic (exact) mass is 408 g/mol. The molecule has 0 aromatic rings. The molecule has 0 N–H and O–H groups in total. The lowest BCUT2D eigenvalue weighted by atomic mass is 10.2. The first-order valence-corrected chi connectivity index (χ1v) is 10.3. The molecule has 0 aromatic heterocycles. The average Bonchev–Trinajstić information content (AvgIpc) is 2.99. The molecule has 0 spiro atoms.